The molecule has 18 heavy (non-hydrogen) atoms. The van der Waals surface area contributed by atoms with Crippen LogP contribution in [0.5, 0.6) is 0 Å². The van der Waals surface area contributed by atoms with Gasteiger partial charge < -0.3 is 9.64 Å². The zero-order chi connectivity index (χ0) is 13.1. The van der Waals surface area contributed by atoms with Crippen molar-refractivity contribution in [3.8, 4) is 0 Å². The molecule has 98 valence electrons. The van der Waals surface area contributed by atoms with Crippen LogP contribution < -0.4 is 0 Å². The Morgan fingerprint density at radius 2 is 2.33 bits per heavy atom. The summed E-state index contributed by atoms with van der Waals surface area (Å²) in [5.41, 5.74) is 0.296. The molecule has 1 aliphatic heterocycles. The molecule has 0 aromatic carbocycles. The van der Waals surface area contributed by atoms with E-state index in [0.717, 1.165) is 12.8 Å². The summed E-state index contributed by atoms with van der Waals surface area (Å²) in [4.78, 5) is 22.0. The predicted octanol–water partition coefficient (Wildman–Crippen LogP) is 1.77. The van der Waals surface area contributed by atoms with E-state index in [0.29, 0.717) is 12.2 Å². The first-order chi connectivity index (χ1) is 8.61. The predicted molar refractivity (Wildman–Crippen MR) is 67.6 cm³/mol. The maximum atomic E-state index is 12.3. The highest BCUT2D eigenvalue weighted by molar-refractivity contribution is 6.29. The van der Waals surface area contributed by atoms with E-state index in [1.54, 1.807) is 12.0 Å². The smallest absolute Gasteiger partial charge is 0.274 e. The molecule has 1 fully saturated rings. The normalized spacial score (nSPS) is 24.1. The summed E-state index contributed by atoms with van der Waals surface area (Å²) < 4.78 is 5.33. The van der Waals surface area contributed by atoms with Crippen LogP contribution in [0.1, 0.15) is 30.3 Å². The highest BCUT2D eigenvalue weighted by Crippen LogP contribution is 2.21. The third-order valence-electron chi connectivity index (χ3n) is 3.25. The lowest BCUT2D eigenvalue weighted by atomic mass is 10.0. The minimum absolute atomic E-state index is 0.118. The second-order valence-corrected chi connectivity index (χ2v) is 4.84. The number of methoxy groups -OCH3 is 1. The molecule has 2 unspecified atom stereocenters. The summed E-state index contributed by atoms with van der Waals surface area (Å²) in [6, 6.07) is 0.136. The topological polar surface area (TPSA) is 55.3 Å². The van der Waals surface area contributed by atoms with E-state index in [4.69, 9.17) is 16.3 Å². The SMILES string of the molecule is COC1CCN(C(=O)c2cncc(Cl)n2)C(C)C1. The van der Waals surface area contributed by atoms with E-state index in [1.165, 1.54) is 12.4 Å². The number of ether oxygens (including phenoxy) is 1. The van der Waals surface area contributed by atoms with Gasteiger partial charge in [0.25, 0.3) is 5.91 Å². The molecule has 2 heterocycles. The first-order valence-corrected chi connectivity index (χ1v) is 6.31. The summed E-state index contributed by atoms with van der Waals surface area (Å²) in [6.45, 7) is 2.69. The fraction of sp³-hybridized carbons (Fsp3) is 0.583. The standard InChI is InChI=1S/C12H16ClN3O2/c1-8-5-9(18-2)3-4-16(8)12(17)10-6-14-7-11(13)15-10/h6-9H,3-5H2,1-2H3. The van der Waals surface area contributed by atoms with Crippen LogP contribution in [0, 0.1) is 0 Å². The molecule has 1 amide bonds. The quantitative estimate of drug-likeness (QED) is 0.821. The van der Waals surface area contributed by atoms with Gasteiger partial charge in [0.2, 0.25) is 0 Å². The van der Waals surface area contributed by atoms with Gasteiger partial charge in [0.15, 0.2) is 0 Å². The Bertz CT molecular complexity index is 441. The van der Waals surface area contributed by atoms with E-state index in [1.807, 2.05) is 6.92 Å². The lowest BCUT2D eigenvalue weighted by Gasteiger charge is -2.36. The lowest BCUT2D eigenvalue weighted by molar-refractivity contribution is 0.0157. The minimum Gasteiger partial charge on any atom is -0.381 e. The van der Waals surface area contributed by atoms with Gasteiger partial charge in [-0.25, -0.2) is 4.98 Å². The van der Waals surface area contributed by atoms with Gasteiger partial charge in [0.05, 0.1) is 18.5 Å². The Morgan fingerprint density at radius 3 is 2.94 bits per heavy atom. The molecule has 1 aromatic heterocycles. The van der Waals surface area contributed by atoms with Crippen LogP contribution in [0.25, 0.3) is 0 Å². The van der Waals surface area contributed by atoms with Crippen LogP contribution >= 0.6 is 11.6 Å². The van der Waals surface area contributed by atoms with Gasteiger partial charge in [0, 0.05) is 19.7 Å². The first kappa shape index (κ1) is 13.2. The monoisotopic (exact) mass is 269 g/mol. The summed E-state index contributed by atoms with van der Waals surface area (Å²) in [5.74, 6) is -0.118. The van der Waals surface area contributed by atoms with Crippen molar-refractivity contribution in [1.82, 2.24) is 14.9 Å². The minimum atomic E-state index is -0.118. The molecule has 6 heteroatoms. The van der Waals surface area contributed by atoms with Crippen molar-refractivity contribution >= 4 is 17.5 Å². The van der Waals surface area contributed by atoms with Crippen molar-refractivity contribution in [2.45, 2.75) is 31.9 Å². The number of piperidine rings is 1. The largest absolute Gasteiger partial charge is 0.381 e. The van der Waals surface area contributed by atoms with Gasteiger partial charge >= 0.3 is 0 Å². The van der Waals surface area contributed by atoms with Gasteiger partial charge in [-0.2, -0.15) is 0 Å². The maximum absolute atomic E-state index is 12.3. The number of carbonyl (C=O) groups is 1. The Hall–Kier alpha value is -1.20. The lowest BCUT2D eigenvalue weighted by Crippen LogP contribution is -2.46. The molecular weight excluding hydrogens is 254 g/mol. The van der Waals surface area contributed by atoms with Crippen LogP contribution in [-0.4, -0.2) is 46.6 Å². The van der Waals surface area contributed by atoms with Crippen molar-refractivity contribution in [3.05, 3.63) is 23.2 Å². The third-order valence-corrected chi connectivity index (χ3v) is 3.43. The van der Waals surface area contributed by atoms with Crippen LogP contribution in [0.2, 0.25) is 5.15 Å². The molecule has 0 saturated carbocycles. The van der Waals surface area contributed by atoms with Crippen molar-refractivity contribution in [2.24, 2.45) is 0 Å². The summed E-state index contributed by atoms with van der Waals surface area (Å²) in [7, 11) is 1.71. The van der Waals surface area contributed by atoms with Crippen LogP contribution in [0.15, 0.2) is 12.4 Å². The van der Waals surface area contributed by atoms with Crippen LogP contribution in [0.3, 0.4) is 0 Å². The average Bonchev–Trinajstić information content (AvgIpc) is 2.37. The molecule has 2 atom stereocenters. The molecule has 1 aromatic rings. The first-order valence-electron chi connectivity index (χ1n) is 5.93. The fourth-order valence-electron chi connectivity index (χ4n) is 2.24. The van der Waals surface area contributed by atoms with Crippen molar-refractivity contribution < 1.29 is 9.53 Å². The highest BCUT2D eigenvalue weighted by atomic mass is 35.5. The molecule has 0 bridgehead atoms. The van der Waals surface area contributed by atoms with E-state index >= 15 is 0 Å². The number of hydrogen-bond acceptors (Lipinski definition) is 4. The van der Waals surface area contributed by atoms with Gasteiger partial charge in [-0.1, -0.05) is 11.6 Å². The molecule has 1 aliphatic rings. The second-order valence-electron chi connectivity index (χ2n) is 4.46. The van der Waals surface area contributed by atoms with Gasteiger partial charge in [-0.05, 0) is 19.8 Å². The van der Waals surface area contributed by atoms with Crippen LogP contribution in [0.4, 0.5) is 0 Å². The Morgan fingerprint density at radius 1 is 1.56 bits per heavy atom. The van der Waals surface area contributed by atoms with E-state index in [2.05, 4.69) is 9.97 Å². The number of carbonyl (C=O) groups excluding carboxylic acids is 1. The average molecular weight is 270 g/mol. The summed E-state index contributed by atoms with van der Waals surface area (Å²) in [6.07, 6.45) is 4.79. The molecule has 1 saturated heterocycles. The number of halogens is 1. The molecule has 0 aliphatic carbocycles. The van der Waals surface area contributed by atoms with Crippen molar-refractivity contribution in [3.63, 3.8) is 0 Å². The molecular formula is C12H16ClN3O2. The van der Waals surface area contributed by atoms with Crippen LogP contribution in [-0.2, 0) is 4.74 Å². The summed E-state index contributed by atoms with van der Waals surface area (Å²) in [5, 5.41) is 0.236. The molecule has 5 nitrogen and oxygen atoms in total. The second kappa shape index (κ2) is 5.63. The number of nitrogens with zero attached hydrogens (tertiary/aromatic N) is 3. The molecule has 0 N–H and O–H groups in total. The number of rotatable bonds is 2. The zero-order valence-corrected chi connectivity index (χ0v) is 11.2. The number of hydrogen-bond donors (Lipinski definition) is 0. The third kappa shape index (κ3) is 2.79. The van der Waals surface area contributed by atoms with Gasteiger partial charge in [0.1, 0.15) is 10.8 Å². The number of likely N-dealkylation sites (tertiary alicyclic amines) is 1. The number of aromatic nitrogens is 2. The molecule has 0 spiro atoms. The Kier molecular flexibility index (Phi) is 4.14. The Balaban J connectivity index is 2.10. The highest BCUT2D eigenvalue weighted by Gasteiger charge is 2.30. The summed E-state index contributed by atoms with van der Waals surface area (Å²) >= 11 is 5.75. The van der Waals surface area contributed by atoms with Crippen molar-refractivity contribution in [2.75, 3.05) is 13.7 Å². The van der Waals surface area contributed by atoms with Crippen molar-refractivity contribution in [1.29, 1.82) is 0 Å². The fourth-order valence-corrected chi connectivity index (χ4v) is 2.38. The molecule has 2 rings (SSSR count). The Labute approximate surface area is 111 Å². The van der Waals surface area contributed by atoms with Gasteiger partial charge in [-0.15, -0.1) is 0 Å². The van der Waals surface area contributed by atoms with E-state index in [-0.39, 0.29) is 23.2 Å². The zero-order valence-electron chi connectivity index (χ0n) is 10.5. The van der Waals surface area contributed by atoms with E-state index in [9.17, 15) is 4.79 Å². The maximum Gasteiger partial charge on any atom is 0.274 e. The number of amides is 1. The molecule has 0 radical (unpaired) electrons. The van der Waals surface area contributed by atoms with Gasteiger partial charge in [-0.3, -0.25) is 9.78 Å². The van der Waals surface area contributed by atoms with E-state index < -0.39 is 0 Å².